The Morgan fingerprint density at radius 3 is 2.48 bits per heavy atom. The van der Waals surface area contributed by atoms with Gasteiger partial charge in [-0.2, -0.15) is 0 Å². The molecule has 1 N–H and O–H groups in total. The van der Waals surface area contributed by atoms with Gasteiger partial charge in [0.1, 0.15) is 24.3 Å². The van der Waals surface area contributed by atoms with Gasteiger partial charge in [-0.05, 0) is 61.5 Å². The van der Waals surface area contributed by atoms with E-state index in [0.29, 0.717) is 24.3 Å². The van der Waals surface area contributed by atoms with Crippen LogP contribution in [0.4, 0.5) is 10.1 Å². The summed E-state index contributed by atoms with van der Waals surface area (Å²) in [6.45, 7) is 6.09. The summed E-state index contributed by atoms with van der Waals surface area (Å²) in [5.41, 5.74) is 1.71. The third kappa shape index (κ3) is 6.27. The quantitative estimate of drug-likeness (QED) is 0.689. The summed E-state index contributed by atoms with van der Waals surface area (Å²) in [4.78, 5) is 16.2. The number of aliphatic hydroxyl groups is 1. The summed E-state index contributed by atoms with van der Waals surface area (Å²) in [5, 5.41) is 10.4. The van der Waals surface area contributed by atoms with E-state index in [1.807, 2.05) is 19.1 Å². The van der Waals surface area contributed by atoms with Crippen LogP contribution < -0.4 is 9.64 Å². The highest BCUT2D eigenvalue weighted by molar-refractivity contribution is 5.95. The third-order valence-electron chi connectivity index (χ3n) is 5.19. The Morgan fingerprint density at radius 2 is 1.79 bits per heavy atom. The van der Waals surface area contributed by atoms with Gasteiger partial charge in [-0.15, -0.1) is 0 Å². The van der Waals surface area contributed by atoms with Crippen LogP contribution in [0.25, 0.3) is 0 Å². The Kier molecular flexibility index (Phi) is 7.61. The molecule has 1 aliphatic rings. The lowest BCUT2D eigenvalue weighted by atomic mass is 10.1. The van der Waals surface area contributed by atoms with Crippen molar-refractivity contribution in [2.75, 3.05) is 44.2 Å². The van der Waals surface area contributed by atoms with Gasteiger partial charge in [0.05, 0.1) is 0 Å². The summed E-state index contributed by atoms with van der Waals surface area (Å²) < 4.78 is 18.8. The van der Waals surface area contributed by atoms with Gasteiger partial charge in [0.25, 0.3) is 0 Å². The monoisotopic (exact) mass is 400 g/mol. The summed E-state index contributed by atoms with van der Waals surface area (Å²) in [6.07, 6.45) is 0.870. The van der Waals surface area contributed by atoms with Gasteiger partial charge in [-0.3, -0.25) is 9.69 Å². The zero-order chi connectivity index (χ0) is 20.6. The number of anilines is 1. The number of benzene rings is 2. The number of aliphatic hydroxyl groups excluding tert-OH is 1. The predicted octanol–water partition coefficient (Wildman–Crippen LogP) is 3.37. The highest BCUT2D eigenvalue weighted by Crippen LogP contribution is 2.18. The maximum absolute atomic E-state index is 13.1. The third-order valence-corrected chi connectivity index (χ3v) is 5.19. The van der Waals surface area contributed by atoms with Crippen LogP contribution in [0.15, 0.2) is 48.5 Å². The first-order chi connectivity index (χ1) is 14.0. The van der Waals surface area contributed by atoms with Crippen LogP contribution in [-0.4, -0.2) is 61.2 Å². The lowest BCUT2D eigenvalue weighted by Crippen LogP contribution is -2.38. The highest BCUT2D eigenvalue weighted by atomic mass is 19.1. The van der Waals surface area contributed by atoms with E-state index in [2.05, 4.69) is 9.80 Å². The highest BCUT2D eigenvalue weighted by Gasteiger charge is 2.18. The largest absolute Gasteiger partial charge is 0.491 e. The molecule has 2 aromatic carbocycles. The Hall–Kier alpha value is -2.44. The summed E-state index contributed by atoms with van der Waals surface area (Å²) in [7, 11) is 0. The van der Waals surface area contributed by atoms with Crippen LogP contribution in [0.2, 0.25) is 0 Å². The molecule has 5 nitrogen and oxygen atoms in total. The number of ketones is 1. The van der Waals surface area contributed by atoms with Crippen LogP contribution in [0.3, 0.4) is 0 Å². The van der Waals surface area contributed by atoms with Crippen LogP contribution in [0.1, 0.15) is 30.1 Å². The van der Waals surface area contributed by atoms with E-state index in [4.69, 9.17) is 4.74 Å². The van der Waals surface area contributed by atoms with Gasteiger partial charge in [0, 0.05) is 43.9 Å². The van der Waals surface area contributed by atoms with E-state index in [0.717, 1.165) is 38.3 Å². The molecule has 0 saturated carbocycles. The van der Waals surface area contributed by atoms with Crippen LogP contribution in [0, 0.1) is 5.82 Å². The molecule has 0 spiro atoms. The average Bonchev–Trinajstić information content (AvgIpc) is 2.98. The smallest absolute Gasteiger partial charge is 0.162 e. The number of carbonyl (C=O) groups is 1. The summed E-state index contributed by atoms with van der Waals surface area (Å²) >= 11 is 0. The Morgan fingerprint density at radius 1 is 1.07 bits per heavy atom. The van der Waals surface area contributed by atoms with Crippen LogP contribution in [-0.2, 0) is 0 Å². The molecular formula is C23H29FN2O3. The topological polar surface area (TPSA) is 53.0 Å². The van der Waals surface area contributed by atoms with Crippen LogP contribution >= 0.6 is 0 Å². The molecule has 6 heteroatoms. The molecule has 0 aromatic heterocycles. The molecule has 0 radical (unpaired) electrons. The lowest BCUT2D eigenvalue weighted by Gasteiger charge is -2.25. The first-order valence-corrected chi connectivity index (χ1v) is 10.2. The van der Waals surface area contributed by atoms with Crippen molar-refractivity contribution >= 4 is 11.5 Å². The fraction of sp³-hybridized carbons (Fsp3) is 0.435. The molecule has 0 aliphatic carbocycles. The number of nitrogens with zero attached hydrogens (tertiary/aromatic N) is 2. The molecule has 3 rings (SSSR count). The molecule has 1 atom stereocenters. The maximum atomic E-state index is 13.1. The summed E-state index contributed by atoms with van der Waals surface area (Å²) in [6, 6.07) is 13.6. The molecule has 1 aliphatic heterocycles. The number of carbonyl (C=O) groups excluding carboxylic acids is 1. The lowest BCUT2D eigenvalue weighted by molar-refractivity contribution is 0.0704. The van der Waals surface area contributed by atoms with E-state index in [9.17, 15) is 14.3 Å². The molecule has 29 heavy (non-hydrogen) atoms. The molecule has 1 unspecified atom stereocenters. The van der Waals surface area contributed by atoms with E-state index >= 15 is 0 Å². The fourth-order valence-corrected chi connectivity index (χ4v) is 3.55. The fourth-order valence-electron chi connectivity index (χ4n) is 3.55. The average molecular weight is 400 g/mol. The number of halogens is 1. The van der Waals surface area contributed by atoms with Gasteiger partial charge in [-0.25, -0.2) is 4.39 Å². The van der Waals surface area contributed by atoms with Gasteiger partial charge < -0.3 is 14.7 Å². The number of ether oxygens (including phenoxy) is 1. The number of β-amino-alcohol motifs (C(OH)–C–C–N with tert-alkyl or cyclic N) is 1. The molecule has 0 amide bonds. The molecular weight excluding hydrogens is 371 g/mol. The standard InChI is InChI=1S/C23H29FN2O3/c1-2-23(28)18-4-10-22(11-5-18)29-17-21(27)16-25-12-3-13-26(15-14-25)20-8-6-19(24)7-9-20/h4-11,21,27H,2-3,12-17H2,1H3. The van der Waals surface area contributed by atoms with Crippen molar-refractivity contribution in [3.05, 3.63) is 59.9 Å². The van der Waals surface area contributed by atoms with Crippen molar-refractivity contribution in [2.24, 2.45) is 0 Å². The first-order valence-electron chi connectivity index (χ1n) is 10.2. The van der Waals surface area contributed by atoms with Crippen molar-refractivity contribution < 1.29 is 19.0 Å². The van der Waals surface area contributed by atoms with Crippen molar-refractivity contribution in [3.63, 3.8) is 0 Å². The normalized spacial score (nSPS) is 16.3. The van der Waals surface area contributed by atoms with Gasteiger partial charge in [-0.1, -0.05) is 6.92 Å². The second-order valence-corrected chi connectivity index (χ2v) is 7.38. The van der Waals surface area contributed by atoms with Gasteiger partial charge in [0.2, 0.25) is 0 Å². The van der Waals surface area contributed by atoms with Gasteiger partial charge in [0.15, 0.2) is 5.78 Å². The zero-order valence-electron chi connectivity index (χ0n) is 16.9. The molecule has 0 bridgehead atoms. The van der Waals surface area contributed by atoms with Crippen LogP contribution in [0.5, 0.6) is 5.75 Å². The minimum atomic E-state index is -0.593. The maximum Gasteiger partial charge on any atom is 0.162 e. The molecule has 1 saturated heterocycles. The number of hydrogen-bond donors (Lipinski definition) is 1. The molecule has 156 valence electrons. The Bertz CT molecular complexity index is 780. The second-order valence-electron chi connectivity index (χ2n) is 7.38. The minimum Gasteiger partial charge on any atom is -0.491 e. The molecule has 1 heterocycles. The predicted molar refractivity (Wildman–Crippen MR) is 112 cm³/mol. The van der Waals surface area contributed by atoms with Crippen molar-refractivity contribution in [1.29, 1.82) is 0 Å². The van der Waals surface area contributed by atoms with Crippen molar-refractivity contribution in [1.82, 2.24) is 4.90 Å². The number of hydrogen-bond acceptors (Lipinski definition) is 5. The van der Waals surface area contributed by atoms with Crippen molar-refractivity contribution in [3.8, 4) is 5.75 Å². The van der Waals surface area contributed by atoms with Gasteiger partial charge >= 0.3 is 0 Å². The number of Topliss-reactive ketones (excluding diaryl/α,β-unsaturated/α-hetero) is 1. The van der Waals surface area contributed by atoms with E-state index in [1.54, 1.807) is 24.3 Å². The summed E-state index contributed by atoms with van der Waals surface area (Å²) in [5.74, 6) is 0.530. The Balaban J connectivity index is 1.44. The van der Waals surface area contributed by atoms with Crippen molar-refractivity contribution in [2.45, 2.75) is 25.9 Å². The minimum absolute atomic E-state index is 0.104. The second kappa shape index (κ2) is 10.4. The first kappa shape index (κ1) is 21.3. The number of rotatable bonds is 8. The van der Waals surface area contributed by atoms with E-state index < -0.39 is 6.10 Å². The zero-order valence-corrected chi connectivity index (χ0v) is 16.9. The SMILES string of the molecule is CCC(=O)c1ccc(OCC(O)CN2CCCN(c3ccc(F)cc3)CC2)cc1. The van der Waals surface area contributed by atoms with E-state index in [-0.39, 0.29) is 18.2 Å². The molecule has 1 fully saturated rings. The molecule has 2 aromatic rings. The van der Waals surface area contributed by atoms with E-state index in [1.165, 1.54) is 12.1 Å². The Labute approximate surface area is 171 Å².